The fourth-order valence-electron chi connectivity index (χ4n) is 2.37. The Balaban J connectivity index is 2.12. The molecule has 1 N–H and O–H groups in total. The predicted molar refractivity (Wildman–Crippen MR) is 101 cm³/mol. The highest BCUT2D eigenvalue weighted by Crippen LogP contribution is 2.31. The van der Waals surface area contributed by atoms with Crippen LogP contribution in [0.4, 0.5) is 13.2 Å². The van der Waals surface area contributed by atoms with Gasteiger partial charge in [-0.1, -0.05) is 43.7 Å². The van der Waals surface area contributed by atoms with Crippen molar-refractivity contribution in [1.82, 2.24) is 5.48 Å². The molecule has 5 nitrogen and oxygen atoms in total. The third-order valence-electron chi connectivity index (χ3n) is 3.80. The van der Waals surface area contributed by atoms with Gasteiger partial charge in [0.05, 0.1) is 12.7 Å². The summed E-state index contributed by atoms with van der Waals surface area (Å²) in [4.78, 5) is 17.2. The second-order valence-electron chi connectivity index (χ2n) is 6.02. The van der Waals surface area contributed by atoms with Crippen LogP contribution in [0.25, 0.3) is 0 Å². The minimum absolute atomic E-state index is 0.0607. The average Bonchev–Trinajstić information content (AvgIpc) is 2.70. The topological polar surface area (TPSA) is 56.8 Å². The molecule has 156 valence electrons. The van der Waals surface area contributed by atoms with Crippen LogP contribution >= 0.6 is 0 Å². The van der Waals surface area contributed by atoms with Crippen LogP contribution in [0.1, 0.15) is 30.9 Å². The zero-order valence-corrected chi connectivity index (χ0v) is 16.1. The molecule has 0 amide bonds. The summed E-state index contributed by atoms with van der Waals surface area (Å²) < 4.78 is 49.4. The lowest BCUT2D eigenvalue weighted by atomic mass is 10.2. The Kier molecular flexibility index (Phi) is 8.09. The second kappa shape index (κ2) is 10.5. The standard InChI is InChI=1S/C21H22F3NO4/c1-3-4-11-18(25-27-2)20(26)29-19-12-6-5-8-15(19)14-28-17-10-7-9-16(13-17)21(22,23)24/h5-13,25H,3-4,14H2,1-2H3. The number of halogens is 3. The second-order valence-corrected chi connectivity index (χ2v) is 6.02. The SMILES string of the molecule is CCCC=C(NOC)C(=O)Oc1ccccc1COc1cccc(C(F)(F)F)c1. The summed E-state index contributed by atoms with van der Waals surface area (Å²) >= 11 is 0. The number of nitrogens with one attached hydrogen (secondary N) is 1. The molecule has 0 aliphatic heterocycles. The maximum absolute atomic E-state index is 12.8. The van der Waals surface area contributed by atoms with Gasteiger partial charge in [0.25, 0.3) is 0 Å². The van der Waals surface area contributed by atoms with Gasteiger partial charge in [-0.2, -0.15) is 13.2 Å². The Hall–Kier alpha value is -3.00. The summed E-state index contributed by atoms with van der Waals surface area (Å²) in [6, 6.07) is 11.2. The number of para-hydroxylation sites is 1. The predicted octanol–water partition coefficient (Wildman–Crippen LogP) is 5.02. The number of carbonyl (C=O) groups excluding carboxylic acids is 1. The van der Waals surface area contributed by atoms with E-state index < -0.39 is 17.7 Å². The van der Waals surface area contributed by atoms with Crippen molar-refractivity contribution in [2.75, 3.05) is 7.11 Å². The maximum Gasteiger partial charge on any atom is 0.416 e. The number of allylic oxidation sites excluding steroid dienone is 1. The summed E-state index contributed by atoms with van der Waals surface area (Å²) in [6.07, 6.45) is -1.30. The van der Waals surface area contributed by atoms with E-state index in [1.165, 1.54) is 19.2 Å². The van der Waals surface area contributed by atoms with Gasteiger partial charge in [-0.3, -0.25) is 10.3 Å². The summed E-state index contributed by atoms with van der Waals surface area (Å²) in [5.41, 5.74) is 2.34. The van der Waals surface area contributed by atoms with E-state index in [2.05, 4.69) is 5.48 Å². The van der Waals surface area contributed by atoms with Crippen molar-refractivity contribution in [2.45, 2.75) is 32.5 Å². The first kappa shape index (κ1) is 22.3. The van der Waals surface area contributed by atoms with Gasteiger partial charge in [-0.25, -0.2) is 4.79 Å². The van der Waals surface area contributed by atoms with E-state index >= 15 is 0 Å². The number of rotatable bonds is 9. The first-order chi connectivity index (χ1) is 13.8. The molecule has 0 saturated heterocycles. The number of hydroxylamine groups is 1. The molecule has 0 aliphatic carbocycles. The van der Waals surface area contributed by atoms with Crippen molar-refractivity contribution in [3.8, 4) is 11.5 Å². The zero-order valence-electron chi connectivity index (χ0n) is 16.1. The van der Waals surface area contributed by atoms with Crippen molar-refractivity contribution in [3.05, 3.63) is 71.4 Å². The molecule has 0 radical (unpaired) electrons. The lowest BCUT2D eigenvalue weighted by Gasteiger charge is -2.14. The molecule has 0 atom stereocenters. The van der Waals surface area contributed by atoms with E-state index in [0.29, 0.717) is 12.0 Å². The van der Waals surface area contributed by atoms with Gasteiger partial charge < -0.3 is 9.47 Å². The number of benzene rings is 2. The van der Waals surface area contributed by atoms with Crippen LogP contribution in [-0.2, 0) is 22.4 Å². The number of carbonyl (C=O) groups is 1. The Morgan fingerprint density at radius 1 is 1.14 bits per heavy atom. The van der Waals surface area contributed by atoms with E-state index in [9.17, 15) is 18.0 Å². The molecule has 2 rings (SSSR count). The Bertz CT molecular complexity index is 850. The van der Waals surface area contributed by atoms with Crippen molar-refractivity contribution in [2.24, 2.45) is 0 Å². The monoisotopic (exact) mass is 409 g/mol. The normalized spacial score (nSPS) is 11.8. The minimum Gasteiger partial charge on any atom is -0.489 e. The van der Waals surface area contributed by atoms with Crippen LogP contribution in [0.3, 0.4) is 0 Å². The summed E-state index contributed by atoms with van der Waals surface area (Å²) in [5.74, 6) is -0.345. The smallest absolute Gasteiger partial charge is 0.416 e. The molecule has 0 heterocycles. The van der Waals surface area contributed by atoms with E-state index in [1.807, 2.05) is 6.92 Å². The molecular formula is C21H22F3NO4. The largest absolute Gasteiger partial charge is 0.489 e. The van der Waals surface area contributed by atoms with Gasteiger partial charge in [0.1, 0.15) is 23.8 Å². The highest BCUT2D eigenvalue weighted by molar-refractivity contribution is 5.89. The number of hydrogen-bond donors (Lipinski definition) is 1. The fourth-order valence-corrected chi connectivity index (χ4v) is 2.37. The van der Waals surface area contributed by atoms with Crippen LogP contribution in [0.2, 0.25) is 0 Å². The molecule has 2 aromatic rings. The molecule has 0 fully saturated rings. The Labute approximate surface area is 167 Å². The van der Waals surface area contributed by atoms with Crippen LogP contribution in [0, 0.1) is 0 Å². The molecule has 0 saturated carbocycles. The molecule has 0 spiro atoms. The molecular weight excluding hydrogens is 387 g/mol. The number of esters is 1. The molecule has 0 unspecified atom stereocenters. The van der Waals surface area contributed by atoms with Crippen LogP contribution < -0.4 is 15.0 Å². The van der Waals surface area contributed by atoms with Crippen molar-refractivity contribution >= 4 is 5.97 Å². The summed E-state index contributed by atoms with van der Waals surface area (Å²) in [6.45, 7) is 1.89. The van der Waals surface area contributed by atoms with E-state index in [-0.39, 0.29) is 23.8 Å². The zero-order chi connectivity index (χ0) is 21.3. The van der Waals surface area contributed by atoms with Crippen LogP contribution in [0.15, 0.2) is 60.3 Å². The molecule has 0 aliphatic rings. The minimum atomic E-state index is -4.46. The molecule has 0 aromatic heterocycles. The fraction of sp³-hybridized carbons (Fsp3) is 0.286. The first-order valence-electron chi connectivity index (χ1n) is 8.94. The number of alkyl halides is 3. The van der Waals surface area contributed by atoms with Gasteiger partial charge in [0.2, 0.25) is 0 Å². The van der Waals surface area contributed by atoms with Crippen molar-refractivity contribution < 1.29 is 32.3 Å². The van der Waals surface area contributed by atoms with Crippen LogP contribution in [-0.4, -0.2) is 13.1 Å². The maximum atomic E-state index is 12.8. The first-order valence-corrected chi connectivity index (χ1v) is 8.94. The highest BCUT2D eigenvalue weighted by atomic mass is 19.4. The van der Waals surface area contributed by atoms with Crippen LogP contribution in [0.5, 0.6) is 11.5 Å². The van der Waals surface area contributed by atoms with Gasteiger partial charge >= 0.3 is 12.1 Å². The quantitative estimate of drug-likeness (QED) is 0.273. The summed E-state index contributed by atoms with van der Waals surface area (Å²) in [7, 11) is 1.38. The van der Waals surface area contributed by atoms with E-state index in [1.54, 1.807) is 30.3 Å². The van der Waals surface area contributed by atoms with Gasteiger partial charge in [0, 0.05) is 5.56 Å². The van der Waals surface area contributed by atoms with Gasteiger partial charge in [0.15, 0.2) is 0 Å². The van der Waals surface area contributed by atoms with E-state index in [4.69, 9.17) is 14.3 Å². The highest BCUT2D eigenvalue weighted by Gasteiger charge is 2.30. The lowest BCUT2D eigenvalue weighted by Crippen LogP contribution is -2.24. The Morgan fingerprint density at radius 2 is 1.90 bits per heavy atom. The van der Waals surface area contributed by atoms with Gasteiger partial charge in [-0.15, -0.1) is 0 Å². The molecule has 8 heteroatoms. The number of unbranched alkanes of at least 4 members (excludes halogenated alkanes) is 1. The van der Waals surface area contributed by atoms with Crippen molar-refractivity contribution in [3.63, 3.8) is 0 Å². The number of ether oxygens (including phenoxy) is 2. The molecule has 2 aromatic carbocycles. The Morgan fingerprint density at radius 3 is 2.59 bits per heavy atom. The third-order valence-corrected chi connectivity index (χ3v) is 3.80. The van der Waals surface area contributed by atoms with Gasteiger partial charge in [-0.05, 0) is 30.7 Å². The van der Waals surface area contributed by atoms with Crippen molar-refractivity contribution in [1.29, 1.82) is 0 Å². The average molecular weight is 409 g/mol. The molecule has 29 heavy (non-hydrogen) atoms. The molecule has 0 bridgehead atoms. The lowest BCUT2D eigenvalue weighted by molar-refractivity contribution is -0.137. The number of hydrogen-bond acceptors (Lipinski definition) is 5. The third kappa shape index (κ3) is 6.83. The summed E-state index contributed by atoms with van der Waals surface area (Å²) in [5, 5.41) is 0. The van der Waals surface area contributed by atoms with E-state index in [0.717, 1.165) is 18.6 Å².